The molecule has 0 aromatic heterocycles. The summed E-state index contributed by atoms with van der Waals surface area (Å²) in [5.74, 6) is 0. The number of anilines is 3. The first-order valence-corrected chi connectivity index (χ1v) is 6.09. The average molecular weight is 255 g/mol. The van der Waals surface area contributed by atoms with E-state index >= 15 is 0 Å². The molecule has 0 aliphatic rings. The number of aryl methyl sites for hydroxylation is 2. The number of nitrogens with one attached hydrogen (secondary N) is 3. The van der Waals surface area contributed by atoms with E-state index in [0.717, 1.165) is 22.6 Å². The van der Waals surface area contributed by atoms with Crippen LogP contribution in [0, 0.1) is 13.8 Å². The molecule has 3 N–H and O–H groups in total. The van der Waals surface area contributed by atoms with E-state index in [1.54, 1.807) is 0 Å². The van der Waals surface area contributed by atoms with E-state index < -0.39 is 0 Å². The van der Waals surface area contributed by atoms with Gasteiger partial charge in [0.1, 0.15) is 0 Å². The Labute approximate surface area is 112 Å². The van der Waals surface area contributed by atoms with E-state index in [-0.39, 0.29) is 0 Å². The van der Waals surface area contributed by atoms with Gasteiger partial charge in [-0.15, -0.1) is 0 Å². The molecule has 0 atom stereocenters. The van der Waals surface area contributed by atoms with Crippen molar-refractivity contribution in [3.63, 3.8) is 0 Å². The first-order chi connectivity index (χ1) is 9.20. The highest BCUT2D eigenvalue weighted by Crippen LogP contribution is 2.20. The SMILES string of the molecule is Cc1cc(NNc2ccccc2C)ccc1NC=O. The molecule has 0 saturated heterocycles. The molecule has 0 saturated carbocycles. The minimum absolute atomic E-state index is 0.682. The Morgan fingerprint density at radius 1 is 0.895 bits per heavy atom. The second-order valence-corrected chi connectivity index (χ2v) is 4.36. The third-order valence-corrected chi connectivity index (χ3v) is 2.93. The third kappa shape index (κ3) is 3.25. The monoisotopic (exact) mass is 255 g/mol. The Morgan fingerprint density at radius 3 is 2.37 bits per heavy atom. The predicted octanol–water partition coefficient (Wildman–Crippen LogP) is 3.31. The molecule has 98 valence electrons. The zero-order valence-electron chi connectivity index (χ0n) is 11.0. The van der Waals surface area contributed by atoms with Crippen molar-refractivity contribution in [2.75, 3.05) is 16.2 Å². The lowest BCUT2D eigenvalue weighted by Gasteiger charge is -2.13. The molecule has 19 heavy (non-hydrogen) atoms. The van der Waals surface area contributed by atoms with E-state index in [1.807, 2.05) is 56.3 Å². The predicted molar refractivity (Wildman–Crippen MR) is 79.3 cm³/mol. The van der Waals surface area contributed by atoms with E-state index in [9.17, 15) is 4.79 Å². The Kier molecular flexibility index (Phi) is 4.03. The summed E-state index contributed by atoms with van der Waals surface area (Å²) in [6.45, 7) is 4.00. The molecule has 2 aromatic rings. The van der Waals surface area contributed by atoms with Gasteiger partial charge in [0.25, 0.3) is 0 Å². The van der Waals surface area contributed by atoms with Crippen LogP contribution in [0.3, 0.4) is 0 Å². The second-order valence-electron chi connectivity index (χ2n) is 4.36. The Balaban J connectivity index is 2.06. The zero-order chi connectivity index (χ0) is 13.7. The van der Waals surface area contributed by atoms with Crippen molar-refractivity contribution < 1.29 is 4.79 Å². The maximum absolute atomic E-state index is 10.4. The van der Waals surface area contributed by atoms with Crippen molar-refractivity contribution in [3.8, 4) is 0 Å². The highest BCUT2D eigenvalue weighted by molar-refractivity contribution is 5.75. The molecular formula is C15H17N3O. The number of carbonyl (C=O) groups is 1. The standard InChI is InChI=1S/C15H17N3O/c1-11-5-3-4-6-15(11)18-17-13-7-8-14(16-10-19)12(2)9-13/h3-10,17-18H,1-2H3,(H,16,19). The van der Waals surface area contributed by atoms with E-state index in [2.05, 4.69) is 16.2 Å². The molecule has 4 heteroatoms. The summed E-state index contributed by atoms with van der Waals surface area (Å²) in [4.78, 5) is 10.4. The van der Waals surface area contributed by atoms with Gasteiger partial charge < -0.3 is 16.2 Å². The van der Waals surface area contributed by atoms with E-state index in [4.69, 9.17) is 0 Å². The molecule has 0 unspecified atom stereocenters. The number of carbonyl (C=O) groups excluding carboxylic acids is 1. The molecule has 0 heterocycles. The van der Waals surface area contributed by atoms with Crippen molar-refractivity contribution in [2.45, 2.75) is 13.8 Å². The fourth-order valence-electron chi connectivity index (χ4n) is 1.82. The topological polar surface area (TPSA) is 53.2 Å². The van der Waals surface area contributed by atoms with Crippen LogP contribution in [-0.2, 0) is 4.79 Å². The van der Waals surface area contributed by atoms with Crippen LogP contribution < -0.4 is 16.2 Å². The Hall–Kier alpha value is -2.49. The summed E-state index contributed by atoms with van der Waals surface area (Å²) in [5, 5.41) is 2.66. The van der Waals surface area contributed by atoms with Crippen LogP contribution in [0.15, 0.2) is 42.5 Å². The van der Waals surface area contributed by atoms with Crippen molar-refractivity contribution in [2.24, 2.45) is 0 Å². The van der Waals surface area contributed by atoms with Gasteiger partial charge in [-0.05, 0) is 49.2 Å². The van der Waals surface area contributed by atoms with E-state index in [0.29, 0.717) is 6.41 Å². The third-order valence-electron chi connectivity index (χ3n) is 2.93. The minimum Gasteiger partial charge on any atom is -0.328 e. The highest BCUT2D eigenvalue weighted by atomic mass is 16.1. The smallest absolute Gasteiger partial charge is 0.211 e. The molecule has 0 bridgehead atoms. The normalized spacial score (nSPS) is 9.79. The molecule has 1 amide bonds. The number of rotatable bonds is 5. The summed E-state index contributed by atoms with van der Waals surface area (Å²) in [7, 11) is 0. The molecule has 0 aliphatic heterocycles. The van der Waals surface area contributed by atoms with Crippen LogP contribution in [0.2, 0.25) is 0 Å². The zero-order valence-corrected chi connectivity index (χ0v) is 11.0. The van der Waals surface area contributed by atoms with Gasteiger partial charge in [0.2, 0.25) is 6.41 Å². The summed E-state index contributed by atoms with van der Waals surface area (Å²) in [6.07, 6.45) is 0.682. The molecule has 2 rings (SSSR count). The van der Waals surface area contributed by atoms with Crippen LogP contribution >= 0.6 is 0 Å². The largest absolute Gasteiger partial charge is 0.328 e. The van der Waals surface area contributed by atoms with Gasteiger partial charge in [-0.2, -0.15) is 0 Å². The first-order valence-electron chi connectivity index (χ1n) is 6.09. The fourth-order valence-corrected chi connectivity index (χ4v) is 1.82. The van der Waals surface area contributed by atoms with Crippen molar-refractivity contribution >= 4 is 23.5 Å². The van der Waals surface area contributed by atoms with Gasteiger partial charge in [-0.3, -0.25) is 4.79 Å². The molecule has 0 aliphatic carbocycles. The lowest BCUT2D eigenvalue weighted by Crippen LogP contribution is -2.10. The molecule has 0 radical (unpaired) electrons. The second kappa shape index (κ2) is 5.91. The number of hydrogen-bond acceptors (Lipinski definition) is 3. The lowest BCUT2D eigenvalue weighted by molar-refractivity contribution is -0.105. The number of hydrogen-bond donors (Lipinski definition) is 3. The fraction of sp³-hybridized carbons (Fsp3) is 0.133. The Bertz CT molecular complexity index is 581. The van der Waals surface area contributed by atoms with Crippen LogP contribution in [0.5, 0.6) is 0 Å². The summed E-state index contributed by atoms with van der Waals surface area (Å²) >= 11 is 0. The molecule has 0 spiro atoms. The molecule has 2 aromatic carbocycles. The van der Waals surface area contributed by atoms with Crippen LogP contribution in [0.25, 0.3) is 0 Å². The van der Waals surface area contributed by atoms with Crippen molar-refractivity contribution in [3.05, 3.63) is 53.6 Å². The van der Waals surface area contributed by atoms with Gasteiger partial charge in [0.15, 0.2) is 0 Å². The first kappa shape index (κ1) is 13.0. The Morgan fingerprint density at radius 2 is 1.68 bits per heavy atom. The van der Waals surface area contributed by atoms with Crippen molar-refractivity contribution in [1.29, 1.82) is 0 Å². The quantitative estimate of drug-likeness (QED) is 0.567. The van der Waals surface area contributed by atoms with E-state index in [1.165, 1.54) is 5.56 Å². The van der Waals surface area contributed by atoms with Crippen molar-refractivity contribution in [1.82, 2.24) is 0 Å². The van der Waals surface area contributed by atoms with Gasteiger partial charge in [0.05, 0.1) is 11.4 Å². The molecular weight excluding hydrogens is 238 g/mol. The number of benzene rings is 2. The van der Waals surface area contributed by atoms with Gasteiger partial charge in [-0.25, -0.2) is 0 Å². The van der Waals surface area contributed by atoms with Crippen LogP contribution in [0.1, 0.15) is 11.1 Å². The average Bonchev–Trinajstić information content (AvgIpc) is 2.41. The van der Waals surface area contributed by atoms with Gasteiger partial charge in [-0.1, -0.05) is 18.2 Å². The molecule has 4 nitrogen and oxygen atoms in total. The maximum Gasteiger partial charge on any atom is 0.211 e. The summed E-state index contributed by atoms with van der Waals surface area (Å²) in [6, 6.07) is 13.8. The van der Waals surface area contributed by atoms with Gasteiger partial charge in [0, 0.05) is 5.69 Å². The summed E-state index contributed by atoms with van der Waals surface area (Å²) < 4.78 is 0. The lowest BCUT2D eigenvalue weighted by atomic mass is 10.2. The maximum atomic E-state index is 10.4. The highest BCUT2D eigenvalue weighted by Gasteiger charge is 2.00. The number of amides is 1. The molecule has 0 fully saturated rings. The van der Waals surface area contributed by atoms with Gasteiger partial charge >= 0.3 is 0 Å². The van der Waals surface area contributed by atoms with Crippen LogP contribution in [0.4, 0.5) is 17.1 Å². The number of para-hydroxylation sites is 1. The van der Waals surface area contributed by atoms with Crippen LogP contribution in [-0.4, -0.2) is 6.41 Å². The summed E-state index contributed by atoms with van der Waals surface area (Å²) in [5.41, 5.74) is 11.3. The minimum atomic E-state index is 0.682. The number of hydrazine groups is 1.